The minimum Gasteiger partial charge on any atom is -0.497 e. The molecule has 3 aromatic rings. The van der Waals surface area contributed by atoms with Crippen LogP contribution in [0.25, 0.3) is 0 Å². The SMILES string of the molecule is COC(=O)c1c(NC(=O)COc2ccc(OC)cc2)sc(C(=O)Nc2cccc([N+](=O)[O-])c2)c1C. The van der Waals surface area contributed by atoms with Gasteiger partial charge >= 0.3 is 5.97 Å². The standard InChI is InChI=1S/C23H21N3O8S/c1-13-19(23(29)33-3)22(25-18(27)12-34-17-9-7-16(32-2)8-10-17)35-20(13)21(28)24-14-5-4-6-15(11-14)26(30)31/h4-11H,12H2,1-3H3,(H,24,28)(H,25,27). The number of amides is 2. The van der Waals surface area contributed by atoms with E-state index in [1.165, 1.54) is 45.4 Å². The number of esters is 1. The van der Waals surface area contributed by atoms with E-state index in [1.54, 1.807) is 24.3 Å². The van der Waals surface area contributed by atoms with Crippen LogP contribution in [0.5, 0.6) is 11.5 Å². The highest BCUT2D eigenvalue weighted by molar-refractivity contribution is 7.19. The molecule has 0 saturated carbocycles. The van der Waals surface area contributed by atoms with Gasteiger partial charge in [0.1, 0.15) is 16.5 Å². The highest BCUT2D eigenvalue weighted by atomic mass is 32.1. The van der Waals surface area contributed by atoms with Crippen molar-refractivity contribution in [2.45, 2.75) is 6.92 Å². The molecular weight excluding hydrogens is 478 g/mol. The maximum absolute atomic E-state index is 12.9. The van der Waals surface area contributed by atoms with Gasteiger partial charge in [-0.25, -0.2) is 4.79 Å². The number of benzene rings is 2. The monoisotopic (exact) mass is 499 g/mol. The van der Waals surface area contributed by atoms with Gasteiger partial charge in [0.2, 0.25) is 0 Å². The summed E-state index contributed by atoms with van der Waals surface area (Å²) in [5, 5.41) is 16.2. The number of anilines is 2. The molecule has 2 N–H and O–H groups in total. The van der Waals surface area contributed by atoms with Crippen molar-refractivity contribution in [2.24, 2.45) is 0 Å². The molecule has 0 aliphatic rings. The molecule has 0 atom stereocenters. The zero-order chi connectivity index (χ0) is 25.5. The number of non-ortho nitro benzene ring substituents is 1. The number of carbonyl (C=O) groups excluding carboxylic acids is 3. The van der Waals surface area contributed by atoms with Crippen molar-refractivity contribution in [1.82, 2.24) is 0 Å². The number of hydrogen-bond donors (Lipinski definition) is 2. The second-order valence-corrected chi connectivity index (χ2v) is 8.05. The maximum atomic E-state index is 12.9. The molecule has 0 bridgehead atoms. The first kappa shape index (κ1) is 25.2. The van der Waals surface area contributed by atoms with E-state index in [0.717, 1.165) is 11.3 Å². The first-order chi connectivity index (χ1) is 16.7. The predicted octanol–water partition coefficient (Wildman–Crippen LogP) is 4.03. The number of rotatable bonds is 9. The average molecular weight is 500 g/mol. The lowest BCUT2D eigenvalue weighted by Gasteiger charge is -2.08. The van der Waals surface area contributed by atoms with E-state index in [0.29, 0.717) is 11.5 Å². The van der Waals surface area contributed by atoms with Crippen LogP contribution in [0.4, 0.5) is 16.4 Å². The van der Waals surface area contributed by atoms with Crippen molar-refractivity contribution in [3.05, 3.63) is 74.6 Å². The van der Waals surface area contributed by atoms with Gasteiger partial charge in [0.25, 0.3) is 17.5 Å². The van der Waals surface area contributed by atoms with Gasteiger partial charge in [-0.3, -0.25) is 19.7 Å². The fourth-order valence-electron chi connectivity index (χ4n) is 3.03. The Hall–Kier alpha value is -4.45. The first-order valence-electron chi connectivity index (χ1n) is 10.1. The Morgan fingerprint density at radius 3 is 2.34 bits per heavy atom. The van der Waals surface area contributed by atoms with Crippen LogP contribution >= 0.6 is 11.3 Å². The Balaban J connectivity index is 1.77. The average Bonchev–Trinajstić information content (AvgIpc) is 3.18. The maximum Gasteiger partial charge on any atom is 0.341 e. The van der Waals surface area contributed by atoms with Crippen molar-refractivity contribution in [1.29, 1.82) is 0 Å². The summed E-state index contributed by atoms with van der Waals surface area (Å²) in [4.78, 5) is 48.3. The second kappa shape index (κ2) is 11.1. The normalized spacial score (nSPS) is 10.3. The Morgan fingerprint density at radius 2 is 1.71 bits per heavy atom. The Morgan fingerprint density at radius 1 is 1.03 bits per heavy atom. The lowest BCUT2D eigenvalue weighted by Crippen LogP contribution is -2.21. The van der Waals surface area contributed by atoms with Crippen molar-refractivity contribution in [3.8, 4) is 11.5 Å². The summed E-state index contributed by atoms with van der Waals surface area (Å²) < 4.78 is 15.3. The third-order valence-corrected chi connectivity index (χ3v) is 5.95. The number of nitro groups is 1. The lowest BCUT2D eigenvalue weighted by atomic mass is 10.1. The third kappa shape index (κ3) is 6.12. The molecule has 0 unspecified atom stereocenters. The van der Waals surface area contributed by atoms with Crippen LogP contribution < -0.4 is 20.1 Å². The first-order valence-corrected chi connectivity index (χ1v) is 10.9. The van der Waals surface area contributed by atoms with Crippen molar-refractivity contribution in [2.75, 3.05) is 31.5 Å². The molecule has 2 aromatic carbocycles. The summed E-state index contributed by atoms with van der Waals surface area (Å²) in [6, 6.07) is 12.1. The molecule has 0 fully saturated rings. The van der Waals surface area contributed by atoms with Gasteiger partial charge in [-0.05, 0) is 42.8 Å². The molecule has 1 heterocycles. The van der Waals surface area contributed by atoms with E-state index in [1.807, 2.05) is 0 Å². The van der Waals surface area contributed by atoms with Gasteiger partial charge in [-0.15, -0.1) is 11.3 Å². The second-order valence-electron chi connectivity index (χ2n) is 7.03. The third-order valence-electron chi connectivity index (χ3n) is 4.74. The largest absolute Gasteiger partial charge is 0.497 e. The van der Waals surface area contributed by atoms with Gasteiger partial charge in [-0.2, -0.15) is 0 Å². The molecule has 35 heavy (non-hydrogen) atoms. The summed E-state index contributed by atoms with van der Waals surface area (Å²) in [7, 11) is 2.71. The topological polar surface area (TPSA) is 146 Å². The number of hydrogen-bond acceptors (Lipinski definition) is 9. The summed E-state index contributed by atoms with van der Waals surface area (Å²) in [5.41, 5.74) is 0.330. The van der Waals surface area contributed by atoms with E-state index in [4.69, 9.17) is 14.2 Å². The highest BCUT2D eigenvalue weighted by Gasteiger charge is 2.26. The molecule has 0 spiro atoms. The molecule has 12 heteroatoms. The van der Waals surface area contributed by atoms with E-state index in [-0.39, 0.29) is 39.0 Å². The van der Waals surface area contributed by atoms with Gasteiger partial charge in [0.15, 0.2) is 6.61 Å². The van der Waals surface area contributed by atoms with Crippen molar-refractivity contribution < 1.29 is 33.5 Å². The Labute approximate surface area is 203 Å². The zero-order valence-electron chi connectivity index (χ0n) is 18.9. The summed E-state index contributed by atoms with van der Waals surface area (Å²) in [5.74, 6) is -0.825. The number of nitrogens with zero attached hydrogens (tertiary/aromatic N) is 1. The summed E-state index contributed by atoms with van der Waals surface area (Å²) in [6.45, 7) is 1.19. The molecule has 2 amide bonds. The minimum atomic E-state index is -0.737. The van der Waals surface area contributed by atoms with Crippen LogP contribution in [0.3, 0.4) is 0 Å². The van der Waals surface area contributed by atoms with Gasteiger partial charge in [0.05, 0.1) is 29.6 Å². The van der Waals surface area contributed by atoms with E-state index in [2.05, 4.69) is 10.6 Å². The quantitative estimate of drug-likeness (QED) is 0.255. The van der Waals surface area contributed by atoms with Crippen LogP contribution in [-0.2, 0) is 9.53 Å². The smallest absolute Gasteiger partial charge is 0.341 e. The zero-order valence-corrected chi connectivity index (χ0v) is 19.8. The molecular formula is C23H21N3O8S. The number of thiophene rings is 1. The molecule has 0 aliphatic carbocycles. The molecule has 3 rings (SSSR count). The van der Waals surface area contributed by atoms with Gasteiger partial charge in [-0.1, -0.05) is 6.07 Å². The Bertz CT molecular complexity index is 1270. The number of nitrogens with one attached hydrogen (secondary N) is 2. The lowest BCUT2D eigenvalue weighted by molar-refractivity contribution is -0.384. The van der Waals surface area contributed by atoms with Gasteiger partial charge in [0, 0.05) is 17.8 Å². The van der Waals surface area contributed by atoms with Crippen LogP contribution in [0.1, 0.15) is 25.6 Å². The van der Waals surface area contributed by atoms with Gasteiger partial charge < -0.3 is 24.8 Å². The van der Waals surface area contributed by atoms with E-state index < -0.39 is 22.7 Å². The summed E-state index contributed by atoms with van der Waals surface area (Å²) in [6.07, 6.45) is 0. The number of methoxy groups -OCH3 is 2. The summed E-state index contributed by atoms with van der Waals surface area (Å²) >= 11 is 0.872. The number of carbonyl (C=O) groups is 3. The molecule has 182 valence electrons. The van der Waals surface area contributed by atoms with Crippen LogP contribution in [0, 0.1) is 17.0 Å². The van der Waals surface area contributed by atoms with Crippen LogP contribution in [0.2, 0.25) is 0 Å². The van der Waals surface area contributed by atoms with E-state index >= 15 is 0 Å². The van der Waals surface area contributed by atoms with Crippen molar-refractivity contribution in [3.63, 3.8) is 0 Å². The van der Waals surface area contributed by atoms with Crippen LogP contribution in [0.15, 0.2) is 48.5 Å². The highest BCUT2D eigenvalue weighted by Crippen LogP contribution is 2.34. The van der Waals surface area contributed by atoms with Crippen LogP contribution in [-0.4, -0.2) is 43.5 Å². The van der Waals surface area contributed by atoms with Crippen molar-refractivity contribution >= 4 is 45.5 Å². The molecule has 0 radical (unpaired) electrons. The molecule has 0 saturated heterocycles. The molecule has 0 aliphatic heterocycles. The number of nitro benzene ring substituents is 1. The fraction of sp³-hybridized carbons (Fsp3) is 0.174. The predicted molar refractivity (Wildman–Crippen MR) is 129 cm³/mol. The molecule has 1 aromatic heterocycles. The minimum absolute atomic E-state index is 0.0273. The Kier molecular flexibility index (Phi) is 8.00. The number of ether oxygens (including phenoxy) is 3. The van der Waals surface area contributed by atoms with E-state index in [9.17, 15) is 24.5 Å². The fourth-order valence-corrected chi connectivity index (χ4v) is 4.14. The molecule has 11 nitrogen and oxygen atoms in total.